The van der Waals surface area contributed by atoms with Crippen molar-refractivity contribution in [2.75, 3.05) is 0 Å². The highest BCUT2D eigenvalue weighted by molar-refractivity contribution is 8.00. The number of amides is 1. The van der Waals surface area contributed by atoms with Crippen LogP contribution in [-0.2, 0) is 11.3 Å². The van der Waals surface area contributed by atoms with Crippen LogP contribution in [0, 0.1) is 5.92 Å². The second-order valence-corrected chi connectivity index (χ2v) is 7.32. The van der Waals surface area contributed by atoms with Gasteiger partial charge in [-0.1, -0.05) is 31.7 Å². The van der Waals surface area contributed by atoms with E-state index in [4.69, 9.17) is 0 Å². The zero-order valence-corrected chi connectivity index (χ0v) is 14.3. The smallest absolute Gasteiger partial charge is 0.234 e. The first-order chi connectivity index (χ1) is 11.1. The highest BCUT2D eigenvalue weighted by atomic mass is 32.2. The van der Waals surface area contributed by atoms with Crippen LogP contribution in [0.5, 0.6) is 0 Å². The van der Waals surface area contributed by atoms with Gasteiger partial charge in [-0.05, 0) is 30.4 Å². The first-order valence-corrected chi connectivity index (χ1v) is 8.89. The van der Waals surface area contributed by atoms with Crippen LogP contribution >= 0.6 is 11.8 Å². The Bertz CT molecular complexity index is 652. The third-order valence-corrected chi connectivity index (χ3v) is 5.40. The monoisotopic (exact) mass is 330 g/mol. The second-order valence-electron chi connectivity index (χ2n) is 6.21. The molecule has 5 nitrogen and oxygen atoms in total. The minimum absolute atomic E-state index is 0.0548. The molecule has 0 aromatic carbocycles. The highest BCUT2D eigenvalue weighted by Gasteiger charge is 2.29. The van der Waals surface area contributed by atoms with E-state index in [9.17, 15) is 4.79 Å². The fraction of sp³-hybridized carbons (Fsp3) is 0.471. The molecule has 23 heavy (non-hydrogen) atoms. The Balaban J connectivity index is 1.63. The van der Waals surface area contributed by atoms with Gasteiger partial charge in [0.05, 0.1) is 5.25 Å². The van der Waals surface area contributed by atoms with Crippen LogP contribution in [0.25, 0.3) is 0 Å². The molecule has 0 bridgehead atoms. The lowest BCUT2D eigenvalue weighted by atomic mass is 10.1. The van der Waals surface area contributed by atoms with Crippen molar-refractivity contribution < 1.29 is 4.79 Å². The number of imidazole rings is 1. The Morgan fingerprint density at radius 2 is 2.26 bits per heavy atom. The predicted octanol–water partition coefficient (Wildman–Crippen LogP) is 3.05. The number of aromatic nitrogens is 3. The number of carbonyl (C=O) groups is 1. The first kappa shape index (κ1) is 16.1. The molecule has 0 aliphatic heterocycles. The number of nitrogens with one attached hydrogen (secondary N) is 1. The van der Waals surface area contributed by atoms with Crippen LogP contribution in [-0.4, -0.2) is 25.7 Å². The summed E-state index contributed by atoms with van der Waals surface area (Å²) in [5.74, 6) is 0.289. The molecule has 1 fully saturated rings. The SMILES string of the molecule is CC(C)C(Sc1nccn1C1CC1)C(=O)NCc1cccnc1. The van der Waals surface area contributed by atoms with Gasteiger partial charge < -0.3 is 9.88 Å². The summed E-state index contributed by atoms with van der Waals surface area (Å²) in [6, 6.07) is 4.42. The van der Waals surface area contributed by atoms with Gasteiger partial charge in [0.1, 0.15) is 0 Å². The van der Waals surface area contributed by atoms with Crippen molar-refractivity contribution in [1.29, 1.82) is 0 Å². The Morgan fingerprint density at radius 3 is 2.91 bits per heavy atom. The summed E-state index contributed by atoms with van der Waals surface area (Å²) in [6.45, 7) is 4.66. The number of carbonyl (C=O) groups excluding carboxylic acids is 1. The maximum Gasteiger partial charge on any atom is 0.234 e. The standard InChI is InChI=1S/C17H22N4OS/c1-12(2)15(16(22)20-11-13-4-3-7-18-10-13)23-17-19-8-9-21(17)14-5-6-14/h3-4,7-10,12,14-15H,5-6,11H2,1-2H3,(H,20,22). The molecule has 0 radical (unpaired) electrons. The summed E-state index contributed by atoms with van der Waals surface area (Å²) in [5.41, 5.74) is 1.01. The first-order valence-electron chi connectivity index (χ1n) is 8.01. The summed E-state index contributed by atoms with van der Waals surface area (Å²) in [7, 11) is 0. The molecular weight excluding hydrogens is 308 g/mol. The average Bonchev–Trinajstić information content (AvgIpc) is 3.29. The Labute approximate surface area is 140 Å². The number of rotatable bonds is 7. The van der Waals surface area contributed by atoms with Crippen LogP contribution in [0.3, 0.4) is 0 Å². The van der Waals surface area contributed by atoms with E-state index in [0.29, 0.717) is 12.6 Å². The third kappa shape index (κ3) is 4.13. The Hall–Kier alpha value is -1.82. The molecule has 2 aromatic heterocycles. The van der Waals surface area contributed by atoms with Gasteiger partial charge in [0.25, 0.3) is 0 Å². The topological polar surface area (TPSA) is 59.8 Å². The number of hydrogen-bond acceptors (Lipinski definition) is 4. The molecule has 2 heterocycles. The maximum absolute atomic E-state index is 12.6. The van der Waals surface area contributed by atoms with Crippen molar-refractivity contribution in [2.24, 2.45) is 5.92 Å². The summed E-state index contributed by atoms with van der Waals surface area (Å²) in [6.07, 6.45) is 9.77. The summed E-state index contributed by atoms with van der Waals surface area (Å²) >= 11 is 1.57. The number of nitrogens with zero attached hydrogens (tertiary/aromatic N) is 3. The molecule has 1 aliphatic rings. The van der Waals surface area contributed by atoms with E-state index < -0.39 is 0 Å². The molecule has 6 heteroatoms. The molecule has 0 saturated heterocycles. The minimum Gasteiger partial charge on any atom is -0.351 e. The lowest BCUT2D eigenvalue weighted by molar-refractivity contribution is -0.121. The largest absolute Gasteiger partial charge is 0.351 e. The van der Waals surface area contributed by atoms with Gasteiger partial charge in [-0.25, -0.2) is 4.98 Å². The van der Waals surface area contributed by atoms with Crippen molar-refractivity contribution in [3.8, 4) is 0 Å². The third-order valence-electron chi connectivity index (χ3n) is 3.86. The van der Waals surface area contributed by atoms with Crippen molar-refractivity contribution in [1.82, 2.24) is 19.9 Å². The average molecular weight is 330 g/mol. The molecule has 1 N–H and O–H groups in total. The van der Waals surface area contributed by atoms with Crippen molar-refractivity contribution in [3.63, 3.8) is 0 Å². The predicted molar refractivity (Wildman–Crippen MR) is 91.1 cm³/mol. The Kier molecular flexibility index (Phi) is 5.00. The fourth-order valence-corrected chi connectivity index (χ4v) is 3.56. The van der Waals surface area contributed by atoms with Crippen LogP contribution in [0.15, 0.2) is 42.1 Å². The molecule has 1 unspecified atom stereocenters. The lowest BCUT2D eigenvalue weighted by Gasteiger charge is -2.20. The van der Waals surface area contributed by atoms with Gasteiger partial charge >= 0.3 is 0 Å². The molecule has 122 valence electrons. The van der Waals surface area contributed by atoms with Crippen molar-refractivity contribution in [3.05, 3.63) is 42.5 Å². The van der Waals surface area contributed by atoms with Gasteiger partial charge in [-0.3, -0.25) is 9.78 Å². The zero-order valence-electron chi connectivity index (χ0n) is 13.5. The highest BCUT2D eigenvalue weighted by Crippen LogP contribution is 2.39. The lowest BCUT2D eigenvalue weighted by Crippen LogP contribution is -2.35. The molecular formula is C17H22N4OS. The number of hydrogen-bond donors (Lipinski definition) is 1. The number of thioether (sulfide) groups is 1. The van der Waals surface area contributed by atoms with Gasteiger partial charge in [0.2, 0.25) is 5.91 Å². The van der Waals surface area contributed by atoms with Crippen molar-refractivity contribution in [2.45, 2.75) is 49.7 Å². The quantitative estimate of drug-likeness (QED) is 0.793. The van der Waals surface area contributed by atoms with Gasteiger partial charge in [-0.2, -0.15) is 0 Å². The van der Waals surface area contributed by atoms with Crippen LogP contribution in [0.2, 0.25) is 0 Å². The molecule has 1 atom stereocenters. The van der Waals surface area contributed by atoms with Crippen molar-refractivity contribution >= 4 is 17.7 Å². The molecule has 0 spiro atoms. The minimum atomic E-state index is -0.147. The van der Waals surface area contributed by atoms with Gasteiger partial charge in [0, 0.05) is 37.4 Å². The summed E-state index contributed by atoms with van der Waals surface area (Å²) < 4.78 is 2.20. The van der Waals surface area contributed by atoms with E-state index in [1.54, 1.807) is 24.2 Å². The fourth-order valence-electron chi connectivity index (χ4n) is 2.42. The molecule has 1 amide bonds. The van der Waals surface area contributed by atoms with E-state index in [-0.39, 0.29) is 17.1 Å². The molecule has 1 aliphatic carbocycles. The Morgan fingerprint density at radius 1 is 1.43 bits per heavy atom. The van der Waals surface area contributed by atoms with E-state index in [2.05, 4.69) is 33.7 Å². The van der Waals surface area contributed by atoms with Crippen LogP contribution in [0.1, 0.15) is 38.3 Å². The van der Waals surface area contributed by atoms with Gasteiger partial charge in [0.15, 0.2) is 5.16 Å². The van der Waals surface area contributed by atoms with E-state index >= 15 is 0 Å². The molecule has 1 saturated carbocycles. The zero-order chi connectivity index (χ0) is 16.2. The maximum atomic E-state index is 12.6. The van der Waals surface area contributed by atoms with Crippen LogP contribution in [0.4, 0.5) is 0 Å². The van der Waals surface area contributed by atoms with Crippen LogP contribution < -0.4 is 5.32 Å². The summed E-state index contributed by atoms with van der Waals surface area (Å²) in [4.78, 5) is 21.1. The molecule has 2 aromatic rings. The van der Waals surface area contributed by atoms with E-state index in [1.165, 1.54) is 12.8 Å². The normalized spacial score (nSPS) is 15.6. The summed E-state index contributed by atoms with van der Waals surface area (Å²) in [5, 5.41) is 3.82. The molecule has 3 rings (SSSR count). The van der Waals surface area contributed by atoms with Gasteiger partial charge in [-0.15, -0.1) is 0 Å². The number of pyridine rings is 1. The van der Waals surface area contributed by atoms with E-state index in [0.717, 1.165) is 10.7 Å². The second kappa shape index (κ2) is 7.17. The van der Waals surface area contributed by atoms with E-state index in [1.807, 2.05) is 24.5 Å².